The summed E-state index contributed by atoms with van der Waals surface area (Å²) in [7, 11) is 0. The first-order chi connectivity index (χ1) is 9.73. The molecule has 6 nitrogen and oxygen atoms in total. The first-order valence-electron chi connectivity index (χ1n) is 7.40. The molecule has 0 N–H and O–H groups in total. The highest BCUT2D eigenvalue weighted by Crippen LogP contribution is 2.38. The number of carbonyl (C=O) groups is 2. The van der Waals surface area contributed by atoms with Gasteiger partial charge < -0.3 is 4.52 Å². The van der Waals surface area contributed by atoms with Gasteiger partial charge in [0.1, 0.15) is 0 Å². The molecule has 1 aromatic heterocycles. The molecule has 2 heterocycles. The molecule has 1 aliphatic heterocycles. The smallest absolute Gasteiger partial charge is 0.236 e. The van der Waals surface area contributed by atoms with Crippen LogP contribution in [0.1, 0.15) is 65.1 Å². The summed E-state index contributed by atoms with van der Waals surface area (Å²) in [6, 6.07) is 0. The van der Waals surface area contributed by atoms with E-state index in [0.717, 1.165) is 0 Å². The Labute approximate surface area is 124 Å². The molecule has 1 aliphatic rings. The summed E-state index contributed by atoms with van der Waals surface area (Å²) in [5, 5.41) is 3.85. The summed E-state index contributed by atoms with van der Waals surface area (Å²) < 4.78 is 5.11. The number of hydrogen-bond donors (Lipinski definition) is 0. The molecule has 0 bridgehead atoms. The van der Waals surface area contributed by atoms with Crippen LogP contribution >= 0.6 is 0 Å². The van der Waals surface area contributed by atoms with Crippen molar-refractivity contribution in [1.82, 2.24) is 15.0 Å². The molecule has 116 valence electrons. The Morgan fingerprint density at radius 3 is 2.48 bits per heavy atom. The molecular formula is C15H23N3O3. The summed E-state index contributed by atoms with van der Waals surface area (Å²) in [5.74, 6) is 1.12. The lowest BCUT2D eigenvalue weighted by atomic mass is 9.80. The Kier molecular flexibility index (Phi) is 4.16. The van der Waals surface area contributed by atoms with Crippen molar-refractivity contribution < 1.29 is 14.1 Å². The van der Waals surface area contributed by atoms with Gasteiger partial charge in [0.05, 0.1) is 12.0 Å². The lowest BCUT2D eigenvalue weighted by Gasteiger charge is -2.23. The molecular weight excluding hydrogens is 270 g/mol. The summed E-state index contributed by atoms with van der Waals surface area (Å²) in [6.45, 7) is 9.97. The highest BCUT2D eigenvalue weighted by molar-refractivity contribution is 6.05. The van der Waals surface area contributed by atoms with Crippen molar-refractivity contribution in [3.63, 3.8) is 0 Å². The molecule has 0 saturated carbocycles. The van der Waals surface area contributed by atoms with E-state index in [9.17, 15) is 9.59 Å². The molecule has 21 heavy (non-hydrogen) atoms. The summed E-state index contributed by atoms with van der Waals surface area (Å²) in [5.41, 5.74) is -0.601. The maximum Gasteiger partial charge on any atom is 0.236 e. The zero-order valence-corrected chi connectivity index (χ0v) is 13.3. The Balaban J connectivity index is 2.13. The van der Waals surface area contributed by atoms with Crippen LogP contribution in [0.4, 0.5) is 0 Å². The van der Waals surface area contributed by atoms with Crippen LogP contribution < -0.4 is 0 Å². The van der Waals surface area contributed by atoms with Crippen LogP contribution in [0.25, 0.3) is 0 Å². The number of hydrogen-bond acceptors (Lipinski definition) is 5. The van der Waals surface area contributed by atoms with E-state index in [-0.39, 0.29) is 30.7 Å². The Morgan fingerprint density at radius 1 is 1.29 bits per heavy atom. The van der Waals surface area contributed by atoms with E-state index in [1.54, 1.807) is 0 Å². The Morgan fingerprint density at radius 2 is 1.95 bits per heavy atom. The van der Waals surface area contributed by atoms with Crippen LogP contribution in [0.15, 0.2) is 4.52 Å². The number of carbonyl (C=O) groups excluding carboxylic acids is 2. The molecule has 1 fully saturated rings. The second-order valence-corrected chi connectivity index (χ2v) is 6.82. The first kappa shape index (κ1) is 15.7. The van der Waals surface area contributed by atoms with Crippen LogP contribution in [-0.4, -0.2) is 26.9 Å². The number of aromatic nitrogens is 2. The largest absolute Gasteiger partial charge is 0.339 e. The van der Waals surface area contributed by atoms with Crippen LogP contribution in [0.2, 0.25) is 0 Å². The first-order valence-corrected chi connectivity index (χ1v) is 7.40. The van der Waals surface area contributed by atoms with Gasteiger partial charge in [-0.1, -0.05) is 39.8 Å². The third-order valence-corrected chi connectivity index (χ3v) is 3.74. The van der Waals surface area contributed by atoms with Crippen molar-refractivity contribution >= 4 is 11.8 Å². The molecule has 0 aromatic carbocycles. The van der Waals surface area contributed by atoms with E-state index in [0.29, 0.717) is 24.1 Å². The van der Waals surface area contributed by atoms with E-state index < -0.39 is 5.41 Å². The normalized spacial score (nSPS) is 22.9. The lowest BCUT2D eigenvalue weighted by molar-refractivity contribution is -0.142. The van der Waals surface area contributed by atoms with Crippen molar-refractivity contribution in [3.8, 4) is 0 Å². The van der Waals surface area contributed by atoms with Gasteiger partial charge in [0.15, 0.2) is 5.82 Å². The van der Waals surface area contributed by atoms with Crippen molar-refractivity contribution in [3.05, 3.63) is 11.7 Å². The molecule has 2 rings (SSSR count). The number of imide groups is 1. The van der Waals surface area contributed by atoms with Crippen LogP contribution in [-0.2, 0) is 16.1 Å². The fraction of sp³-hybridized carbons (Fsp3) is 0.733. The third-order valence-electron chi connectivity index (χ3n) is 3.74. The molecule has 6 heteroatoms. The van der Waals surface area contributed by atoms with E-state index in [2.05, 4.69) is 24.0 Å². The molecule has 2 amide bonds. The van der Waals surface area contributed by atoms with Crippen LogP contribution in [0.5, 0.6) is 0 Å². The highest BCUT2D eigenvalue weighted by Gasteiger charge is 2.48. The summed E-state index contributed by atoms with van der Waals surface area (Å²) in [4.78, 5) is 30.2. The van der Waals surface area contributed by atoms with Crippen LogP contribution in [0, 0.1) is 11.3 Å². The zero-order chi connectivity index (χ0) is 15.8. The molecule has 1 aromatic rings. The Bertz CT molecular complexity index is 550. The van der Waals surface area contributed by atoms with Gasteiger partial charge in [0.2, 0.25) is 17.7 Å². The van der Waals surface area contributed by atoms with Crippen molar-refractivity contribution in [2.45, 2.75) is 59.9 Å². The van der Waals surface area contributed by atoms with E-state index >= 15 is 0 Å². The van der Waals surface area contributed by atoms with Gasteiger partial charge in [-0.3, -0.25) is 14.5 Å². The molecule has 1 saturated heterocycles. The maximum atomic E-state index is 12.5. The van der Waals surface area contributed by atoms with Gasteiger partial charge >= 0.3 is 0 Å². The topological polar surface area (TPSA) is 76.3 Å². The van der Waals surface area contributed by atoms with Gasteiger partial charge in [-0.25, -0.2) is 0 Å². The number of amides is 2. The highest BCUT2D eigenvalue weighted by atomic mass is 16.5. The molecule has 0 spiro atoms. The maximum absolute atomic E-state index is 12.5. The van der Waals surface area contributed by atoms with Gasteiger partial charge in [-0.15, -0.1) is 0 Å². The second kappa shape index (κ2) is 5.58. The fourth-order valence-electron chi connectivity index (χ4n) is 2.87. The van der Waals surface area contributed by atoms with E-state index in [4.69, 9.17) is 4.52 Å². The van der Waals surface area contributed by atoms with Gasteiger partial charge in [0.25, 0.3) is 0 Å². The molecule has 1 atom stereocenters. The van der Waals surface area contributed by atoms with Crippen molar-refractivity contribution in [2.24, 2.45) is 11.3 Å². The fourth-order valence-corrected chi connectivity index (χ4v) is 2.87. The average molecular weight is 293 g/mol. The standard InChI is InChI=1S/C15H23N3O3/c1-9(2)6-15(5)7-12(19)18(14(15)20)8-11-16-13(10(3)4)21-17-11/h9-10H,6-8H2,1-5H3. The van der Waals surface area contributed by atoms with Gasteiger partial charge in [-0.2, -0.15) is 4.98 Å². The molecule has 1 unspecified atom stereocenters. The zero-order valence-electron chi connectivity index (χ0n) is 13.3. The Hall–Kier alpha value is -1.72. The SMILES string of the molecule is CC(C)CC1(C)CC(=O)N(Cc2noc(C(C)C)n2)C1=O. The number of rotatable bonds is 5. The predicted octanol–water partition coefficient (Wildman–Crippen LogP) is 2.50. The second-order valence-electron chi connectivity index (χ2n) is 6.82. The number of likely N-dealkylation sites (tertiary alicyclic amines) is 1. The lowest BCUT2D eigenvalue weighted by Crippen LogP contribution is -2.34. The van der Waals surface area contributed by atoms with E-state index in [1.807, 2.05) is 20.8 Å². The third kappa shape index (κ3) is 3.14. The average Bonchev–Trinajstić information content (AvgIpc) is 2.88. The predicted molar refractivity (Wildman–Crippen MR) is 76.1 cm³/mol. The summed E-state index contributed by atoms with van der Waals surface area (Å²) >= 11 is 0. The molecule has 0 aliphatic carbocycles. The molecule has 0 radical (unpaired) electrons. The van der Waals surface area contributed by atoms with Crippen LogP contribution in [0.3, 0.4) is 0 Å². The minimum Gasteiger partial charge on any atom is -0.339 e. The minimum absolute atomic E-state index is 0.0988. The minimum atomic E-state index is -0.601. The summed E-state index contributed by atoms with van der Waals surface area (Å²) in [6.07, 6.45) is 0.969. The van der Waals surface area contributed by atoms with Crippen molar-refractivity contribution in [2.75, 3.05) is 0 Å². The monoisotopic (exact) mass is 293 g/mol. The quantitative estimate of drug-likeness (QED) is 0.780. The van der Waals surface area contributed by atoms with E-state index in [1.165, 1.54) is 4.90 Å². The van der Waals surface area contributed by atoms with Gasteiger partial charge in [-0.05, 0) is 12.3 Å². The van der Waals surface area contributed by atoms with Gasteiger partial charge in [0, 0.05) is 12.3 Å². The van der Waals surface area contributed by atoms with Crippen molar-refractivity contribution in [1.29, 1.82) is 0 Å². The number of nitrogens with zero attached hydrogens (tertiary/aromatic N) is 3.